The molecule has 1 amide bonds. The summed E-state index contributed by atoms with van der Waals surface area (Å²) in [5.74, 6) is 0. The van der Waals surface area contributed by atoms with Crippen LogP contribution in [-0.4, -0.2) is 11.9 Å². The summed E-state index contributed by atoms with van der Waals surface area (Å²) >= 11 is 0. The number of nitrogens with one attached hydrogen (secondary N) is 1. The van der Waals surface area contributed by atoms with E-state index in [1.807, 2.05) is 0 Å². The van der Waals surface area contributed by atoms with Crippen molar-refractivity contribution in [1.82, 2.24) is 5.32 Å². The monoisotopic (exact) mass is 154 g/mol. The number of hydrogen-bond donors (Lipinski definition) is 1. The molecule has 0 aliphatic heterocycles. The summed E-state index contributed by atoms with van der Waals surface area (Å²) in [5, 5.41) is 2.80. The van der Waals surface area contributed by atoms with Gasteiger partial charge in [0.2, 0.25) is 0 Å². The lowest BCUT2D eigenvalue weighted by molar-refractivity contribution is 0.355. The van der Waals surface area contributed by atoms with E-state index in [1.54, 1.807) is 6.41 Å². The standard InChI is InChI=1S/C9H16NO/c1-9(10-8-11)6-4-2-3-5-7-9/h2-7H2,1H3,(H,10,11). The Morgan fingerprint density at radius 3 is 2.18 bits per heavy atom. The van der Waals surface area contributed by atoms with Crippen molar-refractivity contribution in [3.05, 3.63) is 0 Å². The van der Waals surface area contributed by atoms with Crippen molar-refractivity contribution < 1.29 is 4.79 Å². The van der Waals surface area contributed by atoms with Crippen LogP contribution in [0.15, 0.2) is 0 Å². The fourth-order valence-electron chi connectivity index (χ4n) is 1.76. The molecule has 1 aliphatic rings. The Kier molecular flexibility index (Phi) is 2.92. The lowest BCUT2D eigenvalue weighted by atomic mass is 9.93. The highest BCUT2D eigenvalue weighted by Gasteiger charge is 2.24. The summed E-state index contributed by atoms with van der Waals surface area (Å²) < 4.78 is 0. The summed E-state index contributed by atoms with van der Waals surface area (Å²) in [6.07, 6.45) is 9.15. The molecule has 0 saturated heterocycles. The van der Waals surface area contributed by atoms with Crippen molar-refractivity contribution in [3.63, 3.8) is 0 Å². The normalized spacial score (nSPS) is 23.7. The van der Waals surface area contributed by atoms with Crippen LogP contribution in [0.3, 0.4) is 0 Å². The number of amides is 1. The number of carbonyl (C=O) groups excluding carboxylic acids is 1. The van der Waals surface area contributed by atoms with Crippen LogP contribution < -0.4 is 5.32 Å². The predicted octanol–water partition coefficient (Wildman–Crippen LogP) is 1.76. The molecule has 1 fully saturated rings. The highest BCUT2D eigenvalue weighted by atomic mass is 16.1. The molecule has 0 unspecified atom stereocenters. The highest BCUT2D eigenvalue weighted by Crippen LogP contribution is 2.25. The summed E-state index contributed by atoms with van der Waals surface area (Å²) in [6.45, 7) is 2.11. The first-order chi connectivity index (χ1) is 5.27. The highest BCUT2D eigenvalue weighted by molar-refractivity contribution is 5.48. The van der Waals surface area contributed by atoms with E-state index in [1.165, 1.54) is 25.7 Å². The molecule has 0 aromatic heterocycles. The van der Waals surface area contributed by atoms with E-state index >= 15 is 0 Å². The zero-order valence-electron chi connectivity index (χ0n) is 7.15. The molecule has 1 N–H and O–H groups in total. The minimum atomic E-state index is 0.0399. The average Bonchev–Trinajstić information content (AvgIpc) is 2.15. The van der Waals surface area contributed by atoms with E-state index in [4.69, 9.17) is 0 Å². The minimum Gasteiger partial charge on any atom is -0.343 e. The Morgan fingerprint density at radius 2 is 1.73 bits per heavy atom. The third-order valence-corrected chi connectivity index (χ3v) is 2.56. The Balaban J connectivity index is 2.44. The molecule has 2 heteroatoms. The summed E-state index contributed by atoms with van der Waals surface area (Å²) in [7, 11) is 0. The van der Waals surface area contributed by atoms with Gasteiger partial charge in [-0.15, -0.1) is 0 Å². The lowest BCUT2D eigenvalue weighted by Gasteiger charge is -2.26. The van der Waals surface area contributed by atoms with E-state index in [-0.39, 0.29) is 5.54 Å². The maximum absolute atomic E-state index is 10.2. The summed E-state index contributed by atoms with van der Waals surface area (Å²) in [4.78, 5) is 10.2. The third kappa shape index (κ3) is 2.52. The first-order valence-corrected chi connectivity index (χ1v) is 4.41. The van der Waals surface area contributed by atoms with Crippen LogP contribution in [0.2, 0.25) is 0 Å². The van der Waals surface area contributed by atoms with Gasteiger partial charge in [-0.2, -0.15) is 0 Å². The molecule has 1 radical (unpaired) electrons. The first kappa shape index (κ1) is 8.57. The second-order valence-electron chi connectivity index (χ2n) is 3.70. The van der Waals surface area contributed by atoms with Gasteiger partial charge in [0.1, 0.15) is 0 Å². The van der Waals surface area contributed by atoms with Crippen molar-refractivity contribution in [1.29, 1.82) is 0 Å². The van der Waals surface area contributed by atoms with E-state index < -0.39 is 0 Å². The van der Waals surface area contributed by atoms with E-state index in [0.29, 0.717) is 0 Å². The van der Waals surface area contributed by atoms with Crippen molar-refractivity contribution in [2.24, 2.45) is 0 Å². The molecule has 0 spiro atoms. The zero-order valence-corrected chi connectivity index (χ0v) is 7.15. The zero-order chi connectivity index (χ0) is 8.16. The molecule has 2 nitrogen and oxygen atoms in total. The van der Waals surface area contributed by atoms with Gasteiger partial charge in [0.15, 0.2) is 0 Å². The Bertz CT molecular complexity index is 126. The number of hydrogen-bond acceptors (Lipinski definition) is 1. The van der Waals surface area contributed by atoms with Crippen LogP contribution in [0.4, 0.5) is 0 Å². The van der Waals surface area contributed by atoms with Crippen LogP contribution >= 0.6 is 0 Å². The maximum Gasteiger partial charge on any atom is 0.309 e. The predicted molar refractivity (Wildman–Crippen MR) is 44.9 cm³/mol. The van der Waals surface area contributed by atoms with Crippen LogP contribution in [0.5, 0.6) is 0 Å². The van der Waals surface area contributed by atoms with Gasteiger partial charge >= 0.3 is 6.41 Å². The molecule has 1 aliphatic carbocycles. The van der Waals surface area contributed by atoms with Gasteiger partial charge in [0.05, 0.1) is 0 Å². The molecule has 0 bridgehead atoms. The maximum atomic E-state index is 10.2. The molecule has 1 saturated carbocycles. The lowest BCUT2D eigenvalue weighted by Crippen LogP contribution is -2.40. The third-order valence-electron chi connectivity index (χ3n) is 2.56. The van der Waals surface area contributed by atoms with Gasteiger partial charge < -0.3 is 5.32 Å². The molecule has 0 aromatic rings. The average molecular weight is 154 g/mol. The van der Waals surface area contributed by atoms with Gasteiger partial charge in [-0.1, -0.05) is 25.7 Å². The Morgan fingerprint density at radius 1 is 1.18 bits per heavy atom. The fraction of sp³-hybridized carbons (Fsp3) is 0.889. The largest absolute Gasteiger partial charge is 0.343 e. The summed E-state index contributed by atoms with van der Waals surface area (Å²) in [5.41, 5.74) is 0.0399. The van der Waals surface area contributed by atoms with Gasteiger partial charge in [0, 0.05) is 5.54 Å². The Hall–Kier alpha value is -0.530. The molecule has 11 heavy (non-hydrogen) atoms. The van der Waals surface area contributed by atoms with Gasteiger partial charge in [-0.25, -0.2) is 0 Å². The molecule has 0 aromatic carbocycles. The van der Waals surface area contributed by atoms with Crippen molar-refractivity contribution in [2.75, 3.05) is 0 Å². The van der Waals surface area contributed by atoms with E-state index in [9.17, 15) is 4.79 Å². The van der Waals surface area contributed by atoms with E-state index in [2.05, 4.69) is 12.2 Å². The molecular formula is C9H16NO. The van der Waals surface area contributed by atoms with Crippen molar-refractivity contribution >= 4 is 6.41 Å². The van der Waals surface area contributed by atoms with Crippen LogP contribution in [0.1, 0.15) is 45.4 Å². The van der Waals surface area contributed by atoms with Crippen molar-refractivity contribution in [2.45, 2.75) is 51.0 Å². The SMILES string of the molecule is CC1(N[C]=O)CCCCCC1. The van der Waals surface area contributed by atoms with E-state index in [0.717, 1.165) is 12.8 Å². The Labute approximate surface area is 68.4 Å². The minimum absolute atomic E-state index is 0.0399. The van der Waals surface area contributed by atoms with Crippen LogP contribution in [0, 0.1) is 0 Å². The first-order valence-electron chi connectivity index (χ1n) is 4.41. The van der Waals surface area contributed by atoms with Crippen molar-refractivity contribution in [3.8, 4) is 0 Å². The smallest absolute Gasteiger partial charge is 0.309 e. The molecule has 0 heterocycles. The van der Waals surface area contributed by atoms with Gasteiger partial charge in [0.25, 0.3) is 0 Å². The summed E-state index contributed by atoms with van der Waals surface area (Å²) in [6, 6.07) is 0. The molecular weight excluding hydrogens is 138 g/mol. The van der Waals surface area contributed by atoms with Crippen LogP contribution in [0.25, 0.3) is 0 Å². The quantitative estimate of drug-likeness (QED) is 0.476. The molecule has 1 rings (SSSR count). The molecule has 63 valence electrons. The van der Waals surface area contributed by atoms with Gasteiger partial charge in [-0.05, 0) is 19.8 Å². The van der Waals surface area contributed by atoms with Gasteiger partial charge in [-0.3, -0.25) is 4.79 Å². The number of rotatable bonds is 2. The molecule has 0 atom stereocenters. The second-order valence-corrected chi connectivity index (χ2v) is 3.70. The topological polar surface area (TPSA) is 29.1 Å². The fourth-order valence-corrected chi connectivity index (χ4v) is 1.76. The second kappa shape index (κ2) is 3.74. The van der Waals surface area contributed by atoms with Crippen LogP contribution in [-0.2, 0) is 4.79 Å².